The second-order valence-corrected chi connectivity index (χ2v) is 5.47. The molecular formula is C15H32O. The number of unbranched alkanes of at least 4 members (excludes halogenated alkanes) is 2. The zero-order valence-electron chi connectivity index (χ0n) is 11.2. The number of Topliss-reactive ketones (excluding diaryl/α,β-unsaturated/α-hetero) is 1. The first-order chi connectivity index (χ1) is 6.92. The van der Waals surface area contributed by atoms with Crippen LogP contribution in [0.1, 0.15) is 80.6 Å². The molecule has 0 aliphatic carbocycles. The molecule has 0 bridgehead atoms. The number of carbonyl (C=O) groups is 1. The minimum Gasteiger partial charge on any atom is -0.300 e. The van der Waals surface area contributed by atoms with Crippen LogP contribution in [0.5, 0.6) is 0 Å². The van der Waals surface area contributed by atoms with Crippen molar-refractivity contribution in [2.45, 2.75) is 80.6 Å². The van der Waals surface area contributed by atoms with Crippen molar-refractivity contribution in [3.8, 4) is 0 Å². The maximum atomic E-state index is 11.0. The standard InChI is InChI=1S/C14H28O.CH4/c1-6-7-8-10-14(5,12(2)3)11-9-13(4)15;/h12H,6-11H2,1-5H3;1H4/t14-;/m0./s1. The van der Waals surface area contributed by atoms with Crippen molar-refractivity contribution < 1.29 is 4.79 Å². The Morgan fingerprint density at radius 3 is 2.12 bits per heavy atom. The molecule has 0 unspecified atom stereocenters. The summed E-state index contributed by atoms with van der Waals surface area (Å²) in [7, 11) is 0. The topological polar surface area (TPSA) is 17.1 Å². The molecule has 16 heavy (non-hydrogen) atoms. The van der Waals surface area contributed by atoms with Gasteiger partial charge in [0.1, 0.15) is 5.78 Å². The van der Waals surface area contributed by atoms with E-state index < -0.39 is 0 Å². The third-order valence-electron chi connectivity index (χ3n) is 3.79. The van der Waals surface area contributed by atoms with Gasteiger partial charge in [-0.25, -0.2) is 0 Å². The highest BCUT2D eigenvalue weighted by Crippen LogP contribution is 2.37. The van der Waals surface area contributed by atoms with Crippen LogP contribution >= 0.6 is 0 Å². The van der Waals surface area contributed by atoms with Gasteiger partial charge in [-0.15, -0.1) is 0 Å². The van der Waals surface area contributed by atoms with E-state index in [1.807, 2.05) is 0 Å². The summed E-state index contributed by atoms with van der Waals surface area (Å²) in [5.41, 5.74) is 0.362. The smallest absolute Gasteiger partial charge is 0.129 e. The summed E-state index contributed by atoms with van der Waals surface area (Å²) < 4.78 is 0. The molecule has 0 aliphatic heterocycles. The summed E-state index contributed by atoms with van der Waals surface area (Å²) >= 11 is 0. The molecule has 1 atom stereocenters. The normalized spacial score (nSPS) is 14.4. The molecule has 0 aliphatic rings. The molecule has 0 saturated heterocycles. The Morgan fingerprint density at radius 1 is 1.19 bits per heavy atom. The Bertz CT molecular complexity index is 184. The van der Waals surface area contributed by atoms with Crippen LogP contribution in [0.2, 0.25) is 0 Å². The highest BCUT2D eigenvalue weighted by Gasteiger charge is 2.27. The highest BCUT2D eigenvalue weighted by atomic mass is 16.1. The number of rotatable bonds is 8. The zero-order chi connectivity index (χ0) is 11.9. The number of hydrogen-bond donors (Lipinski definition) is 0. The van der Waals surface area contributed by atoms with Gasteiger partial charge < -0.3 is 4.79 Å². The lowest BCUT2D eigenvalue weighted by atomic mass is 9.71. The SMILES string of the molecule is C.CCCCC[C@@](C)(CCC(C)=O)C(C)C. The van der Waals surface area contributed by atoms with Crippen LogP contribution < -0.4 is 0 Å². The molecule has 0 amide bonds. The first-order valence-electron chi connectivity index (χ1n) is 6.42. The van der Waals surface area contributed by atoms with Gasteiger partial charge in [-0.1, -0.05) is 54.4 Å². The van der Waals surface area contributed by atoms with Crippen molar-refractivity contribution in [3.63, 3.8) is 0 Å². The molecule has 0 spiro atoms. The Balaban J connectivity index is 0. The Labute approximate surface area is 103 Å². The van der Waals surface area contributed by atoms with Crippen molar-refractivity contribution in [2.24, 2.45) is 11.3 Å². The maximum Gasteiger partial charge on any atom is 0.129 e. The van der Waals surface area contributed by atoms with Crippen LogP contribution in [0.3, 0.4) is 0 Å². The molecule has 0 heterocycles. The molecule has 0 aromatic heterocycles. The van der Waals surface area contributed by atoms with Crippen LogP contribution in [0.15, 0.2) is 0 Å². The lowest BCUT2D eigenvalue weighted by molar-refractivity contribution is -0.117. The van der Waals surface area contributed by atoms with Gasteiger partial charge in [0, 0.05) is 6.42 Å². The number of carbonyl (C=O) groups excluding carboxylic acids is 1. The second-order valence-electron chi connectivity index (χ2n) is 5.47. The molecule has 98 valence electrons. The van der Waals surface area contributed by atoms with Crippen molar-refractivity contribution in [3.05, 3.63) is 0 Å². The Hall–Kier alpha value is -0.330. The second kappa shape index (κ2) is 8.78. The Morgan fingerprint density at radius 2 is 1.75 bits per heavy atom. The van der Waals surface area contributed by atoms with Gasteiger partial charge in [0.2, 0.25) is 0 Å². The number of hydrogen-bond acceptors (Lipinski definition) is 1. The minimum atomic E-state index is 0. The summed E-state index contributed by atoms with van der Waals surface area (Å²) in [6, 6.07) is 0. The fourth-order valence-corrected chi connectivity index (χ4v) is 1.94. The van der Waals surface area contributed by atoms with Crippen LogP contribution in [-0.2, 0) is 4.79 Å². The first kappa shape index (κ1) is 18.0. The minimum absolute atomic E-state index is 0. The van der Waals surface area contributed by atoms with Gasteiger partial charge in [0.15, 0.2) is 0 Å². The molecule has 0 aromatic rings. The van der Waals surface area contributed by atoms with E-state index in [0.717, 1.165) is 12.8 Å². The van der Waals surface area contributed by atoms with Gasteiger partial charge in [0.25, 0.3) is 0 Å². The van der Waals surface area contributed by atoms with E-state index in [0.29, 0.717) is 17.1 Å². The van der Waals surface area contributed by atoms with E-state index in [2.05, 4.69) is 27.7 Å². The molecule has 1 nitrogen and oxygen atoms in total. The summed E-state index contributed by atoms with van der Waals surface area (Å²) in [5.74, 6) is 1.01. The lowest BCUT2D eigenvalue weighted by Gasteiger charge is -2.34. The van der Waals surface area contributed by atoms with Crippen molar-refractivity contribution >= 4 is 5.78 Å². The van der Waals surface area contributed by atoms with Gasteiger partial charge in [-0.05, 0) is 31.1 Å². The quantitative estimate of drug-likeness (QED) is 0.520. The predicted octanol–water partition coefficient (Wildman–Crippen LogP) is 5.23. The van der Waals surface area contributed by atoms with Crippen LogP contribution in [0, 0.1) is 11.3 Å². The molecule has 1 heteroatoms. The molecule has 0 fully saturated rings. The van der Waals surface area contributed by atoms with Crippen molar-refractivity contribution in [1.82, 2.24) is 0 Å². The molecule has 0 aromatic carbocycles. The molecule has 0 rings (SSSR count). The summed E-state index contributed by atoms with van der Waals surface area (Å²) in [6.45, 7) is 10.9. The average molecular weight is 228 g/mol. The third-order valence-corrected chi connectivity index (χ3v) is 3.79. The van der Waals surface area contributed by atoms with E-state index in [1.54, 1.807) is 6.92 Å². The van der Waals surface area contributed by atoms with E-state index in [4.69, 9.17) is 0 Å². The van der Waals surface area contributed by atoms with Gasteiger partial charge in [-0.2, -0.15) is 0 Å². The third kappa shape index (κ3) is 7.03. The van der Waals surface area contributed by atoms with Gasteiger partial charge >= 0.3 is 0 Å². The first-order valence-corrected chi connectivity index (χ1v) is 6.42. The fourth-order valence-electron chi connectivity index (χ4n) is 1.94. The van der Waals surface area contributed by atoms with Crippen LogP contribution in [0.25, 0.3) is 0 Å². The van der Waals surface area contributed by atoms with Crippen molar-refractivity contribution in [2.75, 3.05) is 0 Å². The fraction of sp³-hybridized carbons (Fsp3) is 0.933. The summed E-state index contributed by atoms with van der Waals surface area (Å²) in [4.78, 5) is 11.0. The van der Waals surface area contributed by atoms with Crippen molar-refractivity contribution in [1.29, 1.82) is 0 Å². The van der Waals surface area contributed by atoms with Crippen LogP contribution in [0.4, 0.5) is 0 Å². The predicted molar refractivity (Wildman–Crippen MR) is 73.7 cm³/mol. The summed E-state index contributed by atoms with van der Waals surface area (Å²) in [6.07, 6.45) is 6.99. The maximum absolute atomic E-state index is 11.0. The Kier molecular flexibility index (Phi) is 9.90. The lowest BCUT2D eigenvalue weighted by Crippen LogP contribution is -2.24. The highest BCUT2D eigenvalue weighted by molar-refractivity contribution is 5.75. The molecule has 0 N–H and O–H groups in total. The zero-order valence-corrected chi connectivity index (χ0v) is 11.2. The van der Waals surface area contributed by atoms with E-state index in [-0.39, 0.29) is 7.43 Å². The van der Waals surface area contributed by atoms with Crippen LogP contribution in [-0.4, -0.2) is 5.78 Å². The largest absolute Gasteiger partial charge is 0.300 e. The van der Waals surface area contributed by atoms with Gasteiger partial charge in [0.05, 0.1) is 0 Å². The summed E-state index contributed by atoms with van der Waals surface area (Å²) in [5, 5.41) is 0. The monoisotopic (exact) mass is 228 g/mol. The average Bonchev–Trinajstić information content (AvgIpc) is 2.15. The number of ketones is 1. The molecule has 0 radical (unpaired) electrons. The molecular weight excluding hydrogens is 196 g/mol. The van der Waals surface area contributed by atoms with E-state index >= 15 is 0 Å². The molecule has 0 saturated carbocycles. The van der Waals surface area contributed by atoms with E-state index in [1.165, 1.54) is 25.7 Å². The van der Waals surface area contributed by atoms with Gasteiger partial charge in [-0.3, -0.25) is 0 Å². The van der Waals surface area contributed by atoms with E-state index in [9.17, 15) is 4.79 Å².